The Bertz CT molecular complexity index is 291. The molecule has 1 aliphatic carbocycles. The first-order valence-electron chi connectivity index (χ1n) is 3.88. The van der Waals surface area contributed by atoms with Crippen molar-refractivity contribution in [2.75, 3.05) is 0 Å². The van der Waals surface area contributed by atoms with E-state index in [0.29, 0.717) is 22.0 Å². The topological polar surface area (TPSA) is 26.0 Å². The molecule has 1 aromatic rings. The van der Waals surface area contributed by atoms with Gasteiger partial charge in [0.1, 0.15) is 0 Å². The van der Waals surface area contributed by atoms with Crippen LogP contribution >= 0.6 is 23.2 Å². The minimum Gasteiger partial charge on any atom is -0.327 e. The summed E-state index contributed by atoms with van der Waals surface area (Å²) in [6.45, 7) is 0. The summed E-state index contributed by atoms with van der Waals surface area (Å²) in [5, 5.41) is 1.38. The van der Waals surface area contributed by atoms with Crippen LogP contribution in [0.4, 0.5) is 0 Å². The van der Waals surface area contributed by atoms with Crippen LogP contribution in [0.25, 0.3) is 0 Å². The summed E-state index contributed by atoms with van der Waals surface area (Å²) >= 11 is 11.7. The van der Waals surface area contributed by atoms with Crippen molar-refractivity contribution in [1.29, 1.82) is 0 Å². The SMILES string of the molecule is NC1CC1c1cc(Cl)cc(Cl)c1. The fourth-order valence-electron chi connectivity index (χ4n) is 1.39. The molecule has 12 heavy (non-hydrogen) atoms. The van der Waals surface area contributed by atoms with Crippen molar-refractivity contribution in [3.63, 3.8) is 0 Å². The standard InChI is InChI=1S/C9H9Cl2N/c10-6-1-5(2-7(11)3-6)8-4-9(8)12/h1-3,8-9H,4,12H2. The smallest absolute Gasteiger partial charge is 0.0423 e. The molecule has 0 amide bonds. The molecular formula is C9H9Cl2N. The lowest BCUT2D eigenvalue weighted by atomic mass is 10.1. The molecule has 1 nitrogen and oxygen atoms in total. The van der Waals surface area contributed by atoms with Crippen LogP contribution in [0.1, 0.15) is 17.9 Å². The van der Waals surface area contributed by atoms with Gasteiger partial charge in [0, 0.05) is 22.0 Å². The molecule has 0 spiro atoms. The van der Waals surface area contributed by atoms with Crippen LogP contribution in [0.15, 0.2) is 18.2 Å². The predicted molar refractivity (Wildman–Crippen MR) is 51.8 cm³/mol. The first-order chi connectivity index (χ1) is 5.66. The maximum Gasteiger partial charge on any atom is 0.0423 e. The molecule has 64 valence electrons. The molecule has 2 rings (SSSR count). The molecule has 0 aliphatic heterocycles. The Balaban J connectivity index is 2.32. The second-order valence-electron chi connectivity index (χ2n) is 3.21. The Morgan fingerprint density at radius 1 is 1.17 bits per heavy atom. The zero-order valence-electron chi connectivity index (χ0n) is 6.43. The maximum atomic E-state index is 5.84. The highest BCUT2D eigenvalue weighted by molar-refractivity contribution is 6.34. The van der Waals surface area contributed by atoms with Crippen molar-refractivity contribution in [3.05, 3.63) is 33.8 Å². The summed E-state index contributed by atoms with van der Waals surface area (Å²) in [4.78, 5) is 0. The van der Waals surface area contributed by atoms with Gasteiger partial charge in [0.05, 0.1) is 0 Å². The second kappa shape index (κ2) is 2.91. The van der Waals surface area contributed by atoms with Gasteiger partial charge in [-0.3, -0.25) is 0 Å². The highest BCUT2D eigenvalue weighted by atomic mass is 35.5. The maximum absolute atomic E-state index is 5.84. The van der Waals surface area contributed by atoms with Gasteiger partial charge < -0.3 is 5.73 Å². The summed E-state index contributed by atoms with van der Waals surface area (Å²) in [5.41, 5.74) is 6.88. The van der Waals surface area contributed by atoms with Gasteiger partial charge in [-0.1, -0.05) is 23.2 Å². The van der Waals surface area contributed by atoms with Crippen molar-refractivity contribution >= 4 is 23.2 Å². The molecule has 2 N–H and O–H groups in total. The predicted octanol–water partition coefficient (Wildman–Crippen LogP) is 2.81. The van der Waals surface area contributed by atoms with Crippen molar-refractivity contribution in [3.8, 4) is 0 Å². The molecule has 3 heteroatoms. The highest BCUT2D eigenvalue weighted by Crippen LogP contribution is 2.40. The monoisotopic (exact) mass is 201 g/mol. The molecule has 1 aromatic carbocycles. The molecule has 0 radical (unpaired) electrons. The fraction of sp³-hybridized carbons (Fsp3) is 0.333. The van der Waals surface area contributed by atoms with Gasteiger partial charge in [0.25, 0.3) is 0 Å². The van der Waals surface area contributed by atoms with Crippen LogP contribution in [0.5, 0.6) is 0 Å². The van der Waals surface area contributed by atoms with Crippen molar-refractivity contribution in [2.45, 2.75) is 18.4 Å². The van der Waals surface area contributed by atoms with Gasteiger partial charge in [0.15, 0.2) is 0 Å². The van der Waals surface area contributed by atoms with Crippen LogP contribution in [-0.2, 0) is 0 Å². The van der Waals surface area contributed by atoms with E-state index in [0.717, 1.165) is 6.42 Å². The van der Waals surface area contributed by atoms with Gasteiger partial charge in [-0.05, 0) is 30.2 Å². The molecular weight excluding hydrogens is 193 g/mol. The Morgan fingerprint density at radius 2 is 1.67 bits per heavy atom. The van der Waals surface area contributed by atoms with E-state index >= 15 is 0 Å². The molecule has 0 saturated heterocycles. The van der Waals surface area contributed by atoms with E-state index in [1.807, 2.05) is 12.1 Å². The summed E-state index contributed by atoms with van der Waals surface area (Å²) in [7, 11) is 0. The van der Waals surface area contributed by atoms with Gasteiger partial charge in [-0.15, -0.1) is 0 Å². The summed E-state index contributed by atoms with van der Waals surface area (Å²) in [5.74, 6) is 0.473. The van der Waals surface area contributed by atoms with Gasteiger partial charge in [0.2, 0.25) is 0 Å². The lowest BCUT2D eigenvalue weighted by Crippen LogP contribution is -2.00. The lowest BCUT2D eigenvalue weighted by Gasteiger charge is -2.00. The van der Waals surface area contributed by atoms with Crippen molar-refractivity contribution < 1.29 is 0 Å². The average molecular weight is 202 g/mol. The molecule has 1 fully saturated rings. The minimum absolute atomic E-state index is 0.305. The summed E-state index contributed by atoms with van der Waals surface area (Å²) in [6.07, 6.45) is 1.05. The Labute approximate surface area is 81.5 Å². The third-order valence-corrected chi connectivity index (χ3v) is 2.59. The molecule has 1 aliphatic rings. The van der Waals surface area contributed by atoms with Gasteiger partial charge in [-0.2, -0.15) is 0 Å². The number of hydrogen-bond acceptors (Lipinski definition) is 1. The number of benzene rings is 1. The zero-order valence-corrected chi connectivity index (χ0v) is 7.94. The fourth-order valence-corrected chi connectivity index (χ4v) is 1.93. The molecule has 2 atom stereocenters. The average Bonchev–Trinajstić information content (AvgIpc) is 2.64. The first kappa shape index (κ1) is 8.36. The van der Waals surface area contributed by atoms with Crippen LogP contribution in [0, 0.1) is 0 Å². The van der Waals surface area contributed by atoms with E-state index in [9.17, 15) is 0 Å². The largest absolute Gasteiger partial charge is 0.327 e. The Morgan fingerprint density at radius 3 is 2.08 bits per heavy atom. The number of nitrogens with two attached hydrogens (primary N) is 1. The normalized spacial score (nSPS) is 27.2. The van der Waals surface area contributed by atoms with E-state index < -0.39 is 0 Å². The van der Waals surface area contributed by atoms with Crippen LogP contribution in [0.2, 0.25) is 10.0 Å². The molecule has 0 bridgehead atoms. The van der Waals surface area contributed by atoms with E-state index in [2.05, 4.69) is 0 Å². The zero-order chi connectivity index (χ0) is 8.72. The van der Waals surface area contributed by atoms with Crippen molar-refractivity contribution in [1.82, 2.24) is 0 Å². The third kappa shape index (κ3) is 1.58. The van der Waals surface area contributed by atoms with Crippen molar-refractivity contribution in [2.24, 2.45) is 5.73 Å². The molecule has 0 heterocycles. The highest BCUT2D eigenvalue weighted by Gasteiger charge is 2.34. The van der Waals surface area contributed by atoms with E-state index in [-0.39, 0.29) is 0 Å². The first-order valence-corrected chi connectivity index (χ1v) is 4.64. The van der Waals surface area contributed by atoms with E-state index in [1.165, 1.54) is 5.56 Å². The minimum atomic E-state index is 0.305. The quantitative estimate of drug-likeness (QED) is 0.744. The Hall–Kier alpha value is -0.240. The molecule has 2 unspecified atom stereocenters. The molecule has 1 saturated carbocycles. The van der Waals surface area contributed by atoms with E-state index in [4.69, 9.17) is 28.9 Å². The second-order valence-corrected chi connectivity index (χ2v) is 4.08. The van der Waals surface area contributed by atoms with Crippen LogP contribution in [0.3, 0.4) is 0 Å². The number of halogens is 2. The van der Waals surface area contributed by atoms with Gasteiger partial charge in [-0.25, -0.2) is 0 Å². The third-order valence-electron chi connectivity index (χ3n) is 2.15. The Kier molecular flexibility index (Phi) is 2.03. The molecule has 0 aromatic heterocycles. The van der Waals surface area contributed by atoms with Gasteiger partial charge >= 0.3 is 0 Å². The van der Waals surface area contributed by atoms with Crippen LogP contribution < -0.4 is 5.73 Å². The summed E-state index contributed by atoms with van der Waals surface area (Å²) in [6, 6.07) is 5.91. The van der Waals surface area contributed by atoms with Crippen LogP contribution in [-0.4, -0.2) is 6.04 Å². The number of rotatable bonds is 1. The summed E-state index contributed by atoms with van der Waals surface area (Å²) < 4.78 is 0. The number of hydrogen-bond donors (Lipinski definition) is 1. The van der Waals surface area contributed by atoms with E-state index in [1.54, 1.807) is 6.07 Å². The lowest BCUT2D eigenvalue weighted by molar-refractivity contribution is 0.991.